The number of carbonyl (C=O) groups excluding carboxylic acids is 1. The summed E-state index contributed by atoms with van der Waals surface area (Å²) in [6.07, 6.45) is 2.97. The summed E-state index contributed by atoms with van der Waals surface area (Å²) < 4.78 is 45.3. The second-order valence-corrected chi connectivity index (χ2v) is 22.5. The van der Waals surface area contributed by atoms with Crippen molar-refractivity contribution in [2.24, 2.45) is 32.9 Å². The Hall–Kier alpha value is -7.03. The molecule has 1 amide bonds. The number of halogens is 2. The highest BCUT2D eigenvalue weighted by Crippen LogP contribution is 2.33. The van der Waals surface area contributed by atoms with Crippen molar-refractivity contribution in [1.29, 1.82) is 0 Å². The fourth-order valence-electron chi connectivity index (χ4n) is 10.1. The van der Waals surface area contributed by atoms with Crippen LogP contribution in [0.25, 0.3) is 44.3 Å². The van der Waals surface area contributed by atoms with E-state index in [-0.39, 0.29) is 29.7 Å². The van der Waals surface area contributed by atoms with E-state index in [1.807, 2.05) is 48.5 Å². The molecule has 4 aromatic carbocycles. The molecule has 2 saturated heterocycles. The van der Waals surface area contributed by atoms with Crippen LogP contribution < -0.4 is 48.7 Å². The zero-order valence-corrected chi connectivity index (χ0v) is 54.2. The molecule has 27 nitrogen and oxygen atoms in total. The zero-order chi connectivity index (χ0) is 65.2. The first-order valence-electron chi connectivity index (χ1n) is 31.4. The molecule has 29 heteroatoms. The summed E-state index contributed by atoms with van der Waals surface area (Å²) in [6, 6.07) is 27.5. The van der Waals surface area contributed by atoms with E-state index in [1.165, 1.54) is 6.08 Å². The lowest BCUT2D eigenvalue weighted by Crippen LogP contribution is -2.47. The molecule has 1 unspecified atom stereocenters. The van der Waals surface area contributed by atoms with Crippen molar-refractivity contribution in [3.05, 3.63) is 107 Å². The third kappa shape index (κ3) is 25.7. The Bertz CT molecular complexity index is 3280. The van der Waals surface area contributed by atoms with Crippen molar-refractivity contribution >= 4 is 86.1 Å². The molecule has 4 heterocycles. The fourth-order valence-corrected chi connectivity index (χ4v) is 10.5. The second-order valence-electron chi connectivity index (χ2n) is 21.6. The van der Waals surface area contributed by atoms with Crippen molar-refractivity contribution in [1.82, 2.24) is 45.7 Å². The maximum atomic E-state index is 12.1. The number of hydrogen-bond acceptors (Lipinski definition) is 22. The van der Waals surface area contributed by atoms with Crippen molar-refractivity contribution in [2.75, 3.05) is 201 Å². The van der Waals surface area contributed by atoms with E-state index in [1.54, 1.807) is 18.2 Å². The van der Waals surface area contributed by atoms with E-state index in [9.17, 15) is 9.90 Å². The number of ether oxygens (including phenoxy) is 8. The Morgan fingerprint density at radius 2 is 0.871 bits per heavy atom. The summed E-state index contributed by atoms with van der Waals surface area (Å²) in [4.78, 5) is 48.0. The summed E-state index contributed by atoms with van der Waals surface area (Å²) in [5.74, 6) is -0.0244. The topological polar surface area (TPSA) is 341 Å². The molecule has 504 valence electrons. The molecule has 0 saturated carbocycles. The average Bonchev–Trinajstić information content (AvgIpc) is 0.821. The number of nitrogens with one attached hydrogen (secondary N) is 3. The van der Waals surface area contributed by atoms with Crippen LogP contribution in [0.1, 0.15) is 6.42 Å². The van der Waals surface area contributed by atoms with Crippen LogP contribution in [0.2, 0.25) is 10.0 Å². The van der Waals surface area contributed by atoms with Gasteiger partial charge in [0.15, 0.2) is 18.3 Å². The van der Waals surface area contributed by atoms with Crippen LogP contribution in [0.5, 0.6) is 0 Å². The smallest absolute Gasteiger partial charge is 0.253 e. The quantitative estimate of drug-likeness (QED) is 0.00892. The SMILES string of the molecule is NC(N)=Nc1nc(-c2ccc(N3CCN(CCOCCOCCOCCNC(=O)/C=C/CCOCCOCCNC(O)NCCOCCOCCOCCN4CCN(c5ccc(-c6nc(N=C(N)N)nc7ccc(Cl)cc67)cc5)CC4)CC3)cc2)c2cc(Cl)ccc2n1. The van der Waals surface area contributed by atoms with E-state index >= 15 is 0 Å². The van der Waals surface area contributed by atoms with Crippen LogP contribution in [-0.2, 0) is 42.7 Å². The molecule has 0 aliphatic carbocycles. The second kappa shape index (κ2) is 40.3. The lowest BCUT2D eigenvalue weighted by atomic mass is 10.1. The van der Waals surface area contributed by atoms with Crippen LogP contribution in [0.15, 0.2) is 107 Å². The molecule has 2 aliphatic rings. The number of benzene rings is 4. The summed E-state index contributed by atoms with van der Waals surface area (Å²) >= 11 is 12.6. The summed E-state index contributed by atoms with van der Waals surface area (Å²) in [7, 11) is 0. The number of aromatic nitrogens is 4. The standard InChI is InChI=1S/C64H89Cl2N17O10/c65-49-8-14-55-53(45-49)58(76-62(74-55)78-60(67)68)47-4-10-51(11-5-47)82-23-19-80(20-24-82)27-33-90-39-43-92-41-37-87-30-16-71-57(84)3-1-2-29-86-35-36-88-31-17-72-64(85)73-18-32-89-38-42-93-44-40-91-34-28-81-21-25-83(26-22-81)52-12-6-48(7-13-52)59-54-46-50(66)9-15-56(54)75-63(77-59)79-61(69)70/h1,3-15,45-46,64,72-73,85H,2,16-44H2,(H,71,84)(H4,67,68,74,76,78)(H4,69,70,75,77,79)/b3-1+. The number of nitrogens with two attached hydrogens (primary N) is 4. The first kappa shape index (κ1) is 71.8. The fraction of sp³-hybridized carbons (Fsp3) is 0.484. The molecule has 2 aliphatic heterocycles. The molecule has 0 spiro atoms. The number of piperazine rings is 2. The number of aliphatic hydroxyl groups excluding tert-OH is 1. The third-order valence-corrected chi connectivity index (χ3v) is 15.4. The summed E-state index contributed by atoms with van der Waals surface area (Å²) in [5.41, 5.74) is 29.3. The Balaban J connectivity index is 0.518. The van der Waals surface area contributed by atoms with Gasteiger partial charge in [0.25, 0.3) is 11.9 Å². The van der Waals surface area contributed by atoms with Gasteiger partial charge in [-0.25, -0.2) is 19.9 Å². The number of fused-ring (bicyclic) bond motifs is 2. The highest BCUT2D eigenvalue weighted by molar-refractivity contribution is 6.31. The summed E-state index contributed by atoms with van der Waals surface area (Å²) in [6.45, 7) is 17.9. The Morgan fingerprint density at radius 1 is 0.495 bits per heavy atom. The minimum atomic E-state index is -0.889. The molecule has 2 aromatic heterocycles. The van der Waals surface area contributed by atoms with E-state index in [0.29, 0.717) is 164 Å². The number of aliphatic imine (C=N–C) groups is 2. The van der Waals surface area contributed by atoms with Gasteiger partial charge in [0.1, 0.15) is 0 Å². The lowest BCUT2D eigenvalue weighted by molar-refractivity contribution is -0.116. The molecular weight excluding hydrogens is 1240 g/mol. The van der Waals surface area contributed by atoms with Gasteiger partial charge in [-0.05, 0) is 73.2 Å². The Morgan fingerprint density at radius 3 is 1.28 bits per heavy atom. The molecule has 1 atom stereocenters. The van der Waals surface area contributed by atoms with Gasteiger partial charge >= 0.3 is 0 Å². The Kier molecular flexibility index (Phi) is 31.1. The largest absolute Gasteiger partial charge is 0.379 e. The average molecular weight is 1330 g/mol. The van der Waals surface area contributed by atoms with Crippen LogP contribution >= 0.6 is 23.2 Å². The molecule has 0 radical (unpaired) electrons. The molecule has 0 bridgehead atoms. The molecular formula is C64H89Cl2N17O10. The van der Waals surface area contributed by atoms with Gasteiger partial charge in [-0.1, -0.05) is 53.5 Å². The normalized spacial score (nSPS) is 14.4. The van der Waals surface area contributed by atoms with Gasteiger partial charge in [0.05, 0.1) is 128 Å². The molecule has 6 aromatic rings. The first-order valence-corrected chi connectivity index (χ1v) is 32.2. The van der Waals surface area contributed by atoms with E-state index < -0.39 is 6.35 Å². The van der Waals surface area contributed by atoms with Crippen molar-refractivity contribution in [3.8, 4) is 22.5 Å². The van der Waals surface area contributed by atoms with Gasteiger partial charge in [-0.15, -0.1) is 0 Å². The van der Waals surface area contributed by atoms with Crippen LogP contribution in [0.4, 0.5) is 23.3 Å². The van der Waals surface area contributed by atoms with Gasteiger partial charge in [-0.3, -0.25) is 25.2 Å². The molecule has 93 heavy (non-hydrogen) atoms. The monoisotopic (exact) mass is 1330 g/mol. The van der Waals surface area contributed by atoms with Crippen LogP contribution in [-0.4, -0.2) is 250 Å². The maximum Gasteiger partial charge on any atom is 0.253 e. The Labute approximate surface area is 553 Å². The van der Waals surface area contributed by atoms with Gasteiger partial charge < -0.3 is 81.1 Å². The van der Waals surface area contributed by atoms with Crippen LogP contribution in [0, 0.1) is 0 Å². The third-order valence-electron chi connectivity index (χ3n) is 14.9. The predicted octanol–water partition coefficient (Wildman–Crippen LogP) is 3.62. The molecule has 12 N–H and O–H groups in total. The number of rotatable bonds is 42. The van der Waals surface area contributed by atoms with Crippen molar-refractivity contribution in [2.45, 2.75) is 12.8 Å². The number of anilines is 2. The van der Waals surface area contributed by atoms with Gasteiger partial charge in [0, 0.05) is 128 Å². The minimum Gasteiger partial charge on any atom is -0.379 e. The maximum absolute atomic E-state index is 12.1. The van der Waals surface area contributed by atoms with E-state index in [4.69, 9.17) is 84.0 Å². The van der Waals surface area contributed by atoms with Gasteiger partial charge in [-0.2, -0.15) is 9.98 Å². The number of hydrogen-bond donors (Lipinski definition) is 8. The number of aliphatic hydroxyl groups is 1. The van der Waals surface area contributed by atoms with E-state index in [0.717, 1.165) is 98.7 Å². The van der Waals surface area contributed by atoms with Gasteiger partial charge in [0.2, 0.25) is 5.91 Å². The number of nitrogens with zero attached hydrogens (tertiary/aromatic N) is 10. The molecule has 2 fully saturated rings. The van der Waals surface area contributed by atoms with Crippen molar-refractivity contribution < 1.29 is 47.8 Å². The number of guanidine groups is 2. The number of amides is 1. The predicted molar refractivity (Wildman–Crippen MR) is 364 cm³/mol. The first-order chi connectivity index (χ1) is 45.4. The minimum absolute atomic E-state index is 0.110. The highest BCUT2D eigenvalue weighted by Gasteiger charge is 2.20. The highest BCUT2D eigenvalue weighted by atomic mass is 35.5. The molecule has 8 rings (SSSR count). The van der Waals surface area contributed by atoms with Crippen molar-refractivity contribution in [3.63, 3.8) is 0 Å². The number of carbonyl (C=O) groups is 1. The zero-order valence-electron chi connectivity index (χ0n) is 52.7. The van der Waals surface area contributed by atoms with E-state index in [2.05, 4.69) is 89.7 Å². The van der Waals surface area contributed by atoms with Crippen LogP contribution in [0.3, 0.4) is 0 Å². The summed E-state index contributed by atoms with van der Waals surface area (Å²) in [5, 5.41) is 21.7. The lowest BCUT2D eigenvalue weighted by Gasteiger charge is -2.36.